The van der Waals surface area contributed by atoms with Gasteiger partial charge in [-0.15, -0.1) is 0 Å². The van der Waals surface area contributed by atoms with Gasteiger partial charge < -0.3 is 14.9 Å². The van der Waals surface area contributed by atoms with E-state index in [4.69, 9.17) is 0 Å². The van der Waals surface area contributed by atoms with Crippen LogP contribution in [0.3, 0.4) is 0 Å². The quantitative estimate of drug-likeness (QED) is 0.868. The second-order valence-corrected chi connectivity index (χ2v) is 5.69. The molecule has 0 spiro atoms. The van der Waals surface area contributed by atoms with Crippen LogP contribution < -0.4 is 4.90 Å². The van der Waals surface area contributed by atoms with Crippen LogP contribution in [0.5, 0.6) is 0 Å². The molecule has 2 rings (SSSR count). The van der Waals surface area contributed by atoms with Gasteiger partial charge in [0.1, 0.15) is 5.82 Å². The van der Waals surface area contributed by atoms with Gasteiger partial charge >= 0.3 is 0 Å². The highest BCUT2D eigenvalue weighted by Gasteiger charge is 2.38. The first-order valence-corrected chi connectivity index (χ1v) is 6.28. The third-order valence-corrected chi connectivity index (χ3v) is 3.51. The average Bonchev–Trinajstić information content (AvgIpc) is 2.28. The summed E-state index contributed by atoms with van der Waals surface area (Å²) in [6.07, 6.45) is 0. The van der Waals surface area contributed by atoms with Gasteiger partial charge in [-0.25, -0.2) is 4.39 Å². The first-order chi connectivity index (χ1) is 8.44. The lowest BCUT2D eigenvalue weighted by molar-refractivity contribution is 0.137. The molecule has 4 heteroatoms. The fourth-order valence-corrected chi connectivity index (χ4v) is 3.04. The van der Waals surface area contributed by atoms with Crippen LogP contribution in [-0.4, -0.2) is 48.3 Å². The topological polar surface area (TPSA) is 26.7 Å². The monoisotopic (exact) mass is 252 g/mol. The van der Waals surface area contributed by atoms with Crippen molar-refractivity contribution in [2.24, 2.45) is 0 Å². The van der Waals surface area contributed by atoms with E-state index in [1.54, 1.807) is 12.1 Å². The Morgan fingerprint density at radius 3 is 2.50 bits per heavy atom. The first-order valence-electron chi connectivity index (χ1n) is 6.28. The number of hydrogen-bond donors (Lipinski definition) is 1. The van der Waals surface area contributed by atoms with E-state index in [9.17, 15) is 9.50 Å². The van der Waals surface area contributed by atoms with Gasteiger partial charge in [0.25, 0.3) is 0 Å². The Balaban J connectivity index is 2.34. The number of anilines is 1. The van der Waals surface area contributed by atoms with Gasteiger partial charge in [0, 0.05) is 24.3 Å². The number of halogens is 1. The van der Waals surface area contributed by atoms with Crippen molar-refractivity contribution in [2.45, 2.75) is 25.4 Å². The lowest BCUT2D eigenvalue weighted by Crippen LogP contribution is -2.64. The number of aliphatic hydroxyl groups excluding tert-OH is 1. The van der Waals surface area contributed by atoms with Crippen molar-refractivity contribution in [2.75, 3.05) is 31.6 Å². The minimum Gasteiger partial charge on any atom is -0.394 e. The van der Waals surface area contributed by atoms with Gasteiger partial charge in [-0.1, -0.05) is 0 Å². The van der Waals surface area contributed by atoms with E-state index in [1.807, 2.05) is 0 Å². The molecule has 0 aliphatic carbocycles. The Bertz CT molecular complexity index is 405. The van der Waals surface area contributed by atoms with E-state index in [0.29, 0.717) is 0 Å². The lowest BCUT2D eigenvalue weighted by Gasteiger charge is -2.52. The summed E-state index contributed by atoms with van der Waals surface area (Å²) in [6, 6.07) is 6.55. The Morgan fingerprint density at radius 1 is 1.33 bits per heavy atom. The first kappa shape index (κ1) is 13.3. The Morgan fingerprint density at radius 2 is 1.94 bits per heavy atom. The largest absolute Gasteiger partial charge is 0.394 e. The molecule has 1 aliphatic rings. The molecule has 0 radical (unpaired) electrons. The van der Waals surface area contributed by atoms with Crippen LogP contribution >= 0.6 is 0 Å². The predicted octanol–water partition coefficient (Wildman–Crippen LogP) is 1.72. The van der Waals surface area contributed by atoms with Crippen LogP contribution in [0.2, 0.25) is 0 Å². The Labute approximate surface area is 108 Å². The van der Waals surface area contributed by atoms with Gasteiger partial charge in [0.2, 0.25) is 0 Å². The van der Waals surface area contributed by atoms with E-state index in [1.165, 1.54) is 12.1 Å². The third-order valence-electron chi connectivity index (χ3n) is 3.51. The molecule has 1 atom stereocenters. The third kappa shape index (κ3) is 2.49. The van der Waals surface area contributed by atoms with E-state index in [2.05, 4.69) is 30.7 Å². The normalized spacial score (nSPS) is 24.3. The SMILES string of the molecule is CN1CC(CO)N(c2ccc(F)cc2)C(C)(C)C1. The van der Waals surface area contributed by atoms with E-state index >= 15 is 0 Å². The van der Waals surface area contributed by atoms with E-state index < -0.39 is 0 Å². The molecule has 0 saturated carbocycles. The lowest BCUT2D eigenvalue weighted by atomic mass is 9.94. The van der Waals surface area contributed by atoms with Crippen LogP contribution in [0.25, 0.3) is 0 Å². The molecule has 1 aromatic rings. The summed E-state index contributed by atoms with van der Waals surface area (Å²) >= 11 is 0. The smallest absolute Gasteiger partial charge is 0.123 e. The number of benzene rings is 1. The predicted molar refractivity (Wildman–Crippen MR) is 71.3 cm³/mol. The average molecular weight is 252 g/mol. The van der Waals surface area contributed by atoms with Gasteiger partial charge in [-0.3, -0.25) is 0 Å². The molecule has 0 aromatic heterocycles. The van der Waals surface area contributed by atoms with Crippen LogP contribution in [0.4, 0.5) is 10.1 Å². The zero-order valence-electron chi connectivity index (χ0n) is 11.2. The second kappa shape index (κ2) is 4.86. The summed E-state index contributed by atoms with van der Waals surface area (Å²) in [5, 5.41) is 9.58. The molecular formula is C14H21FN2O. The molecule has 1 fully saturated rings. The highest BCUT2D eigenvalue weighted by Crippen LogP contribution is 2.30. The number of nitrogens with zero attached hydrogens (tertiary/aromatic N) is 2. The molecule has 1 aliphatic heterocycles. The molecule has 1 saturated heterocycles. The van der Waals surface area contributed by atoms with Crippen LogP contribution in [0.15, 0.2) is 24.3 Å². The van der Waals surface area contributed by atoms with E-state index in [-0.39, 0.29) is 24.0 Å². The van der Waals surface area contributed by atoms with E-state index in [0.717, 1.165) is 18.8 Å². The van der Waals surface area contributed by atoms with Gasteiger partial charge in [-0.05, 0) is 45.2 Å². The molecule has 100 valence electrons. The number of piperazine rings is 1. The van der Waals surface area contributed by atoms with Crippen molar-refractivity contribution >= 4 is 5.69 Å². The fourth-order valence-electron chi connectivity index (χ4n) is 3.04. The number of hydrogen-bond acceptors (Lipinski definition) is 3. The maximum atomic E-state index is 13.0. The summed E-state index contributed by atoms with van der Waals surface area (Å²) in [6.45, 7) is 6.13. The summed E-state index contributed by atoms with van der Waals surface area (Å²) < 4.78 is 13.0. The van der Waals surface area contributed by atoms with Crippen LogP contribution in [-0.2, 0) is 0 Å². The van der Waals surface area contributed by atoms with Crippen molar-refractivity contribution in [1.82, 2.24) is 4.90 Å². The van der Waals surface area contributed by atoms with Crippen LogP contribution in [0.1, 0.15) is 13.8 Å². The molecule has 0 amide bonds. The molecule has 1 aromatic carbocycles. The van der Waals surface area contributed by atoms with Crippen molar-refractivity contribution in [3.8, 4) is 0 Å². The van der Waals surface area contributed by atoms with Crippen LogP contribution in [0, 0.1) is 5.82 Å². The zero-order valence-corrected chi connectivity index (χ0v) is 11.2. The molecular weight excluding hydrogens is 231 g/mol. The molecule has 1 N–H and O–H groups in total. The minimum absolute atomic E-state index is 0.0456. The highest BCUT2D eigenvalue weighted by molar-refractivity contribution is 5.51. The standard InChI is InChI=1S/C14H21FN2O/c1-14(2)10-16(3)8-13(9-18)17(14)12-6-4-11(15)5-7-12/h4-7,13,18H,8-10H2,1-3H3. The molecule has 3 nitrogen and oxygen atoms in total. The van der Waals surface area contributed by atoms with Gasteiger partial charge in [-0.2, -0.15) is 0 Å². The number of likely N-dealkylation sites (N-methyl/N-ethyl adjacent to an activating group) is 1. The Kier molecular flexibility index (Phi) is 3.59. The summed E-state index contributed by atoms with van der Waals surface area (Å²) in [7, 11) is 2.06. The molecule has 1 heterocycles. The van der Waals surface area contributed by atoms with Crippen molar-refractivity contribution in [1.29, 1.82) is 0 Å². The Hall–Kier alpha value is -1.13. The number of rotatable bonds is 2. The fraction of sp³-hybridized carbons (Fsp3) is 0.571. The maximum absolute atomic E-state index is 13.0. The summed E-state index contributed by atoms with van der Waals surface area (Å²) in [5.41, 5.74) is 0.881. The molecule has 0 bridgehead atoms. The van der Waals surface area contributed by atoms with Crippen molar-refractivity contribution in [3.63, 3.8) is 0 Å². The summed E-state index contributed by atoms with van der Waals surface area (Å²) in [4.78, 5) is 4.42. The van der Waals surface area contributed by atoms with Crippen molar-refractivity contribution < 1.29 is 9.50 Å². The molecule has 1 unspecified atom stereocenters. The molecule has 18 heavy (non-hydrogen) atoms. The minimum atomic E-state index is -0.230. The zero-order chi connectivity index (χ0) is 13.3. The second-order valence-electron chi connectivity index (χ2n) is 5.69. The number of aliphatic hydroxyl groups is 1. The van der Waals surface area contributed by atoms with Gasteiger partial charge in [0.05, 0.1) is 12.6 Å². The van der Waals surface area contributed by atoms with Crippen molar-refractivity contribution in [3.05, 3.63) is 30.1 Å². The maximum Gasteiger partial charge on any atom is 0.123 e. The highest BCUT2D eigenvalue weighted by atomic mass is 19.1. The summed E-state index contributed by atoms with van der Waals surface area (Å²) in [5.74, 6) is -0.230. The van der Waals surface area contributed by atoms with Gasteiger partial charge in [0.15, 0.2) is 0 Å².